The normalized spacial score (nSPS) is 13.9. The van der Waals surface area contributed by atoms with Crippen LogP contribution >= 0.6 is 17.1 Å². The molecule has 0 unspecified atom stereocenters. The van der Waals surface area contributed by atoms with E-state index in [4.69, 9.17) is 25.6 Å². The van der Waals surface area contributed by atoms with Crippen molar-refractivity contribution in [1.82, 2.24) is 9.97 Å². The predicted molar refractivity (Wildman–Crippen MR) is 86.7 cm³/mol. The van der Waals surface area contributed by atoms with E-state index in [1.165, 1.54) is 0 Å². The molecule has 114 valence electrons. The molecule has 20 heavy (non-hydrogen) atoms. The topological polar surface area (TPSA) is 53.5 Å². The molecule has 5 nitrogen and oxygen atoms in total. The van der Waals surface area contributed by atoms with Crippen LogP contribution in [0.15, 0.2) is 12.3 Å². The molecule has 0 bridgehead atoms. The van der Waals surface area contributed by atoms with Gasteiger partial charge in [-0.2, -0.15) is 4.98 Å². The minimum Gasteiger partial charge on any atom is -0.464 e. The van der Waals surface area contributed by atoms with Crippen LogP contribution in [0, 0.1) is 0 Å². The van der Waals surface area contributed by atoms with Crippen molar-refractivity contribution in [1.29, 1.82) is 0 Å². The first-order valence-electron chi connectivity index (χ1n) is 6.62. The van der Waals surface area contributed by atoms with Gasteiger partial charge in [0.25, 0.3) is 0 Å². The highest BCUT2D eigenvalue weighted by Gasteiger charge is 2.19. The third-order valence-electron chi connectivity index (χ3n) is 2.08. The lowest BCUT2D eigenvalue weighted by atomic mass is 10.4. The first kappa shape index (κ1) is 17.9. The number of nitrogens with zero attached hydrogens (tertiary/aromatic N) is 2. The first-order valence-corrected chi connectivity index (χ1v) is 10.8. The van der Waals surface area contributed by atoms with Gasteiger partial charge < -0.3 is 13.8 Å². The molecule has 0 spiro atoms. The van der Waals surface area contributed by atoms with Crippen molar-refractivity contribution in [2.75, 3.05) is 19.0 Å². The van der Waals surface area contributed by atoms with Crippen molar-refractivity contribution >= 4 is 28.9 Å². The Hall–Kier alpha value is -0.200. The van der Waals surface area contributed by atoms with Gasteiger partial charge in [-0.1, -0.05) is 18.3 Å². The highest BCUT2D eigenvalue weighted by Crippen LogP contribution is 2.61. The maximum atomic E-state index is 5.81. The molecule has 1 atom stereocenters. The van der Waals surface area contributed by atoms with Crippen molar-refractivity contribution in [3.8, 4) is 6.01 Å². The summed E-state index contributed by atoms with van der Waals surface area (Å²) < 4.78 is 16.7. The van der Waals surface area contributed by atoms with Crippen LogP contribution in [0.3, 0.4) is 0 Å². The highest BCUT2D eigenvalue weighted by atomic mass is 32.9. The van der Waals surface area contributed by atoms with Crippen molar-refractivity contribution in [3.63, 3.8) is 0 Å². The fourth-order valence-corrected chi connectivity index (χ4v) is 5.79. The average Bonchev–Trinajstić information content (AvgIpc) is 2.44. The van der Waals surface area contributed by atoms with E-state index in [1.807, 2.05) is 13.8 Å². The molecular formula is C12H21N2O3PS2. The zero-order valence-electron chi connectivity index (χ0n) is 12.1. The van der Waals surface area contributed by atoms with E-state index >= 15 is 0 Å². The average molecular weight is 336 g/mol. The van der Waals surface area contributed by atoms with Gasteiger partial charge in [-0.25, -0.2) is 4.98 Å². The van der Waals surface area contributed by atoms with E-state index < -0.39 is 5.69 Å². The maximum Gasteiger partial charge on any atom is 0.316 e. The lowest BCUT2D eigenvalue weighted by Gasteiger charge is -2.20. The van der Waals surface area contributed by atoms with E-state index in [0.717, 1.165) is 17.9 Å². The molecule has 1 aromatic rings. The largest absolute Gasteiger partial charge is 0.464 e. The quantitative estimate of drug-likeness (QED) is 0.602. The Morgan fingerprint density at radius 3 is 2.70 bits per heavy atom. The van der Waals surface area contributed by atoms with Crippen LogP contribution in [0.5, 0.6) is 6.01 Å². The summed E-state index contributed by atoms with van der Waals surface area (Å²) in [7, 11) is 0. The zero-order chi connectivity index (χ0) is 14.8. The van der Waals surface area contributed by atoms with Crippen LogP contribution in [-0.2, 0) is 27.5 Å². The van der Waals surface area contributed by atoms with Gasteiger partial charge >= 0.3 is 6.01 Å². The molecular weight excluding hydrogens is 315 g/mol. The lowest BCUT2D eigenvalue weighted by Crippen LogP contribution is -2.01. The molecule has 0 aliphatic carbocycles. The number of rotatable bonds is 10. The Morgan fingerprint density at radius 1 is 1.25 bits per heavy atom. The zero-order valence-corrected chi connectivity index (χ0v) is 14.6. The first-order chi connectivity index (χ1) is 9.63. The summed E-state index contributed by atoms with van der Waals surface area (Å²) in [6.07, 6.45) is 2.70. The van der Waals surface area contributed by atoms with Gasteiger partial charge in [-0.15, -0.1) is 0 Å². The molecule has 0 aliphatic heterocycles. The van der Waals surface area contributed by atoms with Gasteiger partial charge in [0.1, 0.15) is 0 Å². The second-order valence-electron chi connectivity index (χ2n) is 3.74. The van der Waals surface area contributed by atoms with Crippen molar-refractivity contribution in [3.05, 3.63) is 18.0 Å². The van der Waals surface area contributed by atoms with Crippen LogP contribution < -0.4 is 4.74 Å². The molecule has 0 aromatic carbocycles. The monoisotopic (exact) mass is 336 g/mol. The van der Waals surface area contributed by atoms with Gasteiger partial charge in [0.05, 0.1) is 25.5 Å². The second-order valence-corrected chi connectivity index (χ2v) is 10.2. The van der Waals surface area contributed by atoms with Crippen molar-refractivity contribution in [2.45, 2.75) is 33.8 Å². The second kappa shape index (κ2) is 9.68. The van der Waals surface area contributed by atoms with Crippen LogP contribution in [0.2, 0.25) is 0 Å². The van der Waals surface area contributed by atoms with Crippen molar-refractivity contribution < 1.29 is 13.8 Å². The van der Waals surface area contributed by atoms with Gasteiger partial charge in [0.15, 0.2) is 0 Å². The molecule has 0 aliphatic rings. The van der Waals surface area contributed by atoms with Crippen LogP contribution in [0.25, 0.3) is 0 Å². The number of hydrogen-bond acceptors (Lipinski definition) is 7. The van der Waals surface area contributed by atoms with Gasteiger partial charge in [-0.3, -0.25) is 0 Å². The lowest BCUT2D eigenvalue weighted by molar-refractivity contribution is 0.255. The highest BCUT2D eigenvalue weighted by molar-refractivity contribution is 8.67. The number of hydrogen-bond donors (Lipinski definition) is 0. The van der Waals surface area contributed by atoms with Crippen molar-refractivity contribution in [2.24, 2.45) is 0 Å². The van der Waals surface area contributed by atoms with E-state index in [1.54, 1.807) is 23.6 Å². The van der Waals surface area contributed by atoms with Crippen LogP contribution in [0.4, 0.5) is 0 Å². The Labute approximate surface area is 129 Å². The summed E-state index contributed by atoms with van der Waals surface area (Å²) in [6, 6.07) is 2.15. The fraction of sp³-hybridized carbons (Fsp3) is 0.667. The minimum absolute atomic E-state index is 0.316. The van der Waals surface area contributed by atoms with E-state index in [2.05, 4.69) is 16.9 Å². The van der Waals surface area contributed by atoms with Crippen LogP contribution in [-0.4, -0.2) is 28.9 Å². The molecule has 0 fully saturated rings. The Bertz CT molecular complexity index is 448. The molecule has 0 saturated heterocycles. The van der Waals surface area contributed by atoms with Crippen LogP contribution in [0.1, 0.15) is 32.9 Å². The van der Waals surface area contributed by atoms with E-state index in [0.29, 0.717) is 25.8 Å². The fourth-order valence-electron chi connectivity index (χ4n) is 1.27. The summed E-state index contributed by atoms with van der Waals surface area (Å²) >= 11 is 7.09. The molecule has 0 amide bonds. The van der Waals surface area contributed by atoms with Gasteiger partial charge in [0.2, 0.25) is 5.69 Å². The van der Waals surface area contributed by atoms with E-state index in [-0.39, 0.29) is 0 Å². The Kier molecular flexibility index (Phi) is 8.64. The summed E-state index contributed by atoms with van der Waals surface area (Å²) in [5.74, 6) is 0.936. The third kappa shape index (κ3) is 6.50. The minimum atomic E-state index is -2.28. The molecule has 0 radical (unpaired) electrons. The Morgan fingerprint density at radius 2 is 2.05 bits per heavy atom. The number of aromatic nitrogens is 2. The summed E-state index contributed by atoms with van der Waals surface area (Å²) in [6.45, 7) is 7.33. The van der Waals surface area contributed by atoms with Gasteiger partial charge in [0, 0.05) is 11.9 Å². The molecule has 1 rings (SSSR count). The molecule has 1 heterocycles. The Balaban J connectivity index is 2.62. The molecule has 1 aromatic heterocycles. The maximum absolute atomic E-state index is 5.81. The predicted octanol–water partition coefficient (Wildman–Crippen LogP) is 3.80. The molecule has 0 N–H and O–H groups in total. The molecule has 8 heteroatoms. The standard InChI is InChI=1S/C12H21N2O3PS2/c1-4-9-20-18(19,16-6-3)17-10-11-7-8-13-12(14-11)15-5-2/h7-8H,4-6,9-10H2,1-3H3/t18-/m0/s1. The summed E-state index contributed by atoms with van der Waals surface area (Å²) in [4.78, 5) is 8.27. The summed E-state index contributed by atoms with van der Waals surface area (Å²) in [5.41, 5.74) is -1.54. The van der Waals surface area contributed by atoms with E-state index in [9.17, 15) is 0 Å². The molecule has 0 saturated carbocycles. The SMILES string of the molecule is CCCS[P@@](=S)(OCC)OCc1ccnc(OCC)n1. The summed E-state index contributed by atoms with van der Waals surface area (Å²) in [5, 5.41) is 0. The van der Waals surface area contributed by atoms with Gasteiger partial charge in [-0.05, 0) is 38.1 Å². The number of ether oxygens (including phenoxy) is 1. The third-order valence-corrected chi connectivity index (χ3v) is 7.71. The smallest absolute Gasteiger partial charge is 0.316 e.